The summed E-state index contributed by atoms with van der Waals surface area (Å²) in [5.41, 5.74) is 11.3. The van der Waals surface area contributed by atoms with Crippen LogP contribution < -0.4 is 4.90 Å². The summed E-state index contributed by atoms with van der Waals surface area (Å²) in [6, 6.07) is 42.1. The van der Waals surface area contributed by atoms with Crippen LogP contribution in [0.15, 0.2) is 121 Å². The minimum absolute atomic E-state index is 1.18. The summed E-state index contributed by atoms with van der Waals surface area (Å²) in [4.78, 5) is 3.50. The number of aryl methyl sites for hydroxylation is 1. The second kappa shape index (κ2) is 13.5. The molecule has 1 heterocycles. The molecule has 0 N–H and O–H groups in total. The number of nitrogens with zero attached hydrogens (tertiary/aromatic N) is 1. The highest BCUT2D eigenvalue weighted by Crippen LogP contribution is 2.38. The Labute approximate surface area is 244 Å². The first-order chi connectivity index (χ1) is 19.6. The van der Waals surface area contributed by atoms with Crippen molar-refractivity contribution in [2.24, 2.45) is 0 Å². The first-order valence-electron chi connectivity index (χ1n) is 14.4. The Hall–Kier alpha value is -3.88. The zero-order valence-electron chi connectivity index (χ0n) is 23.9. The van der Waals surface area contributed by atoms with Gasteiger partial charge in [0.25, 0.3) is 0 Å². The summed E-state index contributed by atoms with van der Waals surface area (Å²) in [6.45, 7) is 2.27. The van der Waals surface area contributed by atoms with Crippen molar-refractivity contribution in [3.05, 3.63) is 148 Å². The van der Waals surface area contributed by atoms with Gasteiger partial charge in [0.05, 0.1) is 0 Å². The monoisotopic (exact) mass is 541 g/mol. The van der Waals surface area contributed by atoms with Gasteiger partial charge >= 0.3 is 0 Å². The molecule has 0 spiro atoms. The summed E-state index contributed by atoms with van der Waals surface area (Å²) in [7, 11) is 4.17. The standard InChI is InChI=1S/C38H39NS/c1-4-5-6-9-14-29-27-36(40-28-29)30-19-21-33(22-20-30)37(31-15-10-7-11-16-31)38(32-17-12-8-13-18-32)34-23-25-35(26-24-34)39(2)3/h7-8,10-13,15-28H,4-6,9,14H2,1-3H3. The maximum Gasteiger partial charge on any atom is 0.0361 e. The molecule has 5 rings (SSSR count). The van der Waals surface area contributed by atoms with Crippen molar-refractivity contribution >= 4 is 28.2 Å². The van der Waals surface area contributed by atoms with Gasteiger partial charge in [-0.15, -0.1) is 11.3 Å². The van der Waals surface area contributed by atoms with Crippen LogP contribution in [-0.4, -0.2) is 14.1 Å². The van der Waals surface area contributed by atoms with Crippen LogP contribution in [0.4, 0.5) is 5.69 Å². The largest absolute Gasteiger partial charge is 0.378 e. The van der Waals surface area contributed by atoms with Crippen molar-refractivity contribution in [2.75, 3.05) is 19.0 Å². The zero-order valence-corrected chi connectivity index (χ0v) is 24.8. The van der Waals surface area contributed by atoms with Crippen molar-refractivity contribution in [1.82, 2.24) is 0 Å². The van der Waals surface area contributed by atoms with E-state index in [1.807, 2.05) is 11.3 Å². The van der Waals surface area contributed by atoms with Crippen LogP contribution in [0.3, 0.4) is 0 Å². The lowest BCUT2D eigenvalue weighted by molar-refractivity contribution is 0.667. The van der Waals surface area contributed by atoms with Gasteiger partial charge in [0.2, 0.25) is 0 Å². The van der Waals surface area contributed by atoms with E-state index in [0.29, 0.717) is 0 Å². The fourth-order valence-corrected chi connectivity index (χ4v) is 6.22. The normalized spacial score (nSPS) is 11.8. The number of hydrogen-bond donors (Lipinski definition) is 0. The third-order valence-electron chi connectivity index (χ3n) is 7.48. The summed E-state index contributed by atoms with van der Waals surface area (Å²) >= 11 is 1.86. The first-order valence-corrected chi connectivity index (χ1v) is 15.3. The predicted molar refractivity (Wildman–Crippen MR) is 176 cm³/mol. The van der Waals surface area contributed by atoms with Crippen LogP contribution in [0, 0.1) is 0 Å². The Balaban J connectivity index is 1.58. The van der Waals surface area contributed by atoms with Crippen LogP contribution in [0.2, 0.25) is 0 Å². The van der Waals surface area contributed by atoms with E-state index in [1.165, 1.54) is 87.2 Å². The number of hydrogen-bond acceptors (Lipinski definition) is 2. The second-order valence-corrected chi connectivity index (χ2v) is 11.5. The summed E-state index contributed by atoms with van der Waals surface area (Å²) in [5.74, 6) is 0. The van der Waals surface area contributed by atoms with Gasteiger partial charge in [-0.1, -0.05) is 123 Å². The fourth-order valence-electron chi connectivity index (χ4n) is 5.26. The molecule has 0 unspecified atom stereocenters. The minimum Gasteiger partial charge on any atom is -0.378 e. The Bertz CT molecular complexity index is 1510. The quantitative estimate of drug-likeness (QED) is 0.119. The average Bonchev–Trinajstić information content (AvgIpc) is 3.48. The van der Waals surface area contributed by atoms with Crippen LogP contribution >= 0.6 is 11.3 Å². The Morgan fingerprint density at radius 1 is 0.600 bits per heavy atom. The molecule has 0 amide bonds. The van der Waals surface area contributed by atoms with E-state index in [4.69, 9.17) is 0 Å². The summed E-state index contributed by atoms with van der Waals surface area (Å²) in [5, 5.41) is 2.34. The molecule has 0 radical (unpaired) electrons. The molecule has 1 nitrogen and oxygen atoms in total. The average molecular weight is 542 g/mol. The Morgan fingerprint density at radius 2 is 1.12 bits per heavy atom. The van der Waals surface area contributed by atoms with Gasteiger partial charge in [0.15, 0.2) is 0 Å². The molecule has 0 aliphatic rings. The topological polar surface area (TPSA) is 3.24 Å². The van der Waals surface area contributed by atoms with E-state index in [-0.39, 0.29) is 0 Å². The van der Waals surface area contributed by atoms with Gasteiger partial charge < -0.3 is 4.90 Å². The van der Waals surface area contributed by atoms with Gasteiger partial charge in [-0.05, 0) is 80.9 Å². The molecule has 0 aliphatic heterocycles. The summed E-state index contributed by atoms with van der Waals surface area (Å²) in [6.07, 6.45) is 6.41. The molecule has 0 atom stereocenters. The van der Waals surface area contributed by atoms with E-state index in [1.54, 1.807) is 0 Å². The van der Waals surface area contributed by atoms with E-state index < -0.39 is 0 Å². The van der Waals surface area contributed by atoms with Crippen molar-refractivity contribution in [1.29, 1.82) is 0 Å². The van der Waals surface area contributed by atoms with E-state index in [9.17, 15) is 0 Å². The molecule has 0 bridgehead atoms. The highest BCUT2D eigenvalue weighted by atomic mass is 32.1. The van der Waals surface area contributed by atoms with Gasteiger partial charge in [-0.2, -0.15) is 0 Å². The van der Waals surface area contributed by atoms with Crippen molar-refractivity contribution < 1.29 is 0 Å². The molecule has 0 saturated carbocycles. The van der Waals surface area contributed by atoms with Crippen LogP contribution in [-0.2, 0) is 6.42 Å². The molecule has 0 saturated heterocycles. The summed E-state index contributed by atoms with van der Waals surface area (Å²) < 4.78 is 0. The second-order valence-electron chi connectivity index (χ2n) is 10.6. The molecule has 4 aromatic carbocycles. The molecule has 1 aromatic heterocycles. The predicted octanol–water partition coefficient (Wildman–Crippen LogP) is 10.6. The maximum atomic E-state index is 2.39. The molecule has 40 heavy (non-hydrogen) atoms. The van der Waals surface area contributed by atoms with Gasteiger partial charge in [0.1, 0.15) is 0 Å². The van der Waals surface area contributed by atoms with Crippen molar-refractivity contribution in [2.45, 2.75) is 39.0 Å². The number of thiophene rings is 1. The van der Waals surface area contributed by atoms with E-state index in [0.717, 1.165) is 0 Å². The number of rotatable bonds is 11. The lowest BCUT2D eigenvalue weighted by Crippen LogP contribution is -2.08. The highest BCUT2D eigenvalue weighted by Gasteiger charge is 2.17. The van der Waals surface area contributed by atoms with Crippen molar-refractivity contribution in [3.8, 4) is 10.4 Å². The van der Waals surface area contributed by atoms with E-state index >= 15 is 0 Å². The molecule has 0 aliphatic carbocycles. The third-order valence-corrected chi connectivity index (χ3v) is 8.51. The number of unbranched alkanes of at least 4 members (excludes halogenated alkanes) is 3. The maximum absolute atomic E-state index is 2.39. The molecule has 0 fully saturated rings. The van der Waals surface area contributed by atoms with Crippen LogP contribution in [0.5, 0.6) is 0 Å². The third kappa shape index (κ3) is 6.63. The lowest BCUT2D eigenvalue weighted by Gasteiger charge is -2.19. The molecular formula is C38H39NS. The first kappa shape index (κ1) is 27.7. The van der Waals surface area contributed by atoms with Crippen LogP contribution in [0.1, 0.15) is 60.4 Å². The van der Waals surface area contributed by atoms with Gasteiger partial charge in [-0.3, -0.25) is 0 Å². The minimum atomic E-state index is 1.18. The van der Waals surface area contributed by atoms with Gasteiger partial charge in [0, 0.05) is 24.7 Å². The highest BCUT2D eigenvalue weighted by molar-refractivity contribution is 7.13. The zero-order chi connectivity index (χ0) is 27.7. The molecule has 2 heteroatoms. The Kier molecular flexibility index (Phi) is 9.31. The van der Waals surface area contributed by atoms with Crippen molar-refractivity contribution in [3.63, 3.8) is 0 Å². The lowest BCUT2D eigenvalue weighted by atomic mass is 9.85. The number of benzene rings is 4. The molecule has 5 aromatic rings. The molecular weight excluding hydrogens is 502 g/mol. The SMILES string of the molecule is CCCCCCc1csc(-c2ccc(C(=C(c3ccccc3)c3ccc(N(C)C)cc3)c3ccccc3)cc2)c1. The smallest absolute Gasteiger partial charge is 0.0361 e. The van der Waals surface area contributed by atoms with E-state index in [2.05, 4.69) is 147 Å². The number of anilines is 1. The molecule has 202 valence electrons. The Morgan fingerprint density at radius 3 is 1.65 bits per heavy atom. The van der Waals surface area contributed by atoms with Crippen LogP contribution in [0.25, 0.3) is 21.6 Å². The van der Waals surface area contributed by atoms with Gasteiger partial charge in [-0.25, -0.2) is 0 Å². The fraction of sp³-hybridized carbons (Fsp3) is 0.211.